The van der Waals surface area contributed by atoms with Crippen LogP contribution in [0.5, 0.6) is 0 Å². The largest absolute Gasteiger partial charge is 0.394 e. The quantitative estimate of drug-likeness (QED) is 0.517. The molecule has 0 spiro atoms. The van der Waals surface area contributed by atoms with Gasteiger partial charge in [0.05, 0.1) is 18.3 Å². The van der Waals surface area contributed by atoms with Gasteiger partial charge in [0, 0.05) is 12.6 Å². The second kappa shape index (κ2) is 5.00. The molecule has 1 aromatic heterocycles. The number of hydrogen-bond donors (Lipinski definition) is 4. The van der Waals surface area contributed by atoms with E-state index in [0.29, 0.717) is 0 Å². The molecule has 19 heavy (non-hydrogen) atoms. The van der Waals surface area contributed by atoms with Crippen LogP contribution in [0.2, 0.25) is 0 Å². The molecule has 3 atom stereocenters. The number of nitrogens with two attached hydrogens (primary N) is 2. The van der Waals surface area contributed by atoms with Crippen molar-refractivity contribution >= 4 is 11.8 Å². The predicted octanol–water partition coefficient (Wildman–Crippen LogP) is -1.67. The van der Waals surface area contributed by atoms with Crippen LogP contribution in [0.25, 0.3) is 0 Å². The van der Waals surface area contributed by atoms with Gasteiger partial charge in [-0.05, 0) is 6.07 Å². The van der Waals surface area contributed by atoms with Crippen LogP contribution in [-0.4, -0.2) is 45.4 Å². The van der Waals surface area contributed by atoms with Crippen molar-refractivity contribution in [1.82, 2.24) is 4.57 Å². The van der Waals surface area contributed by atoms with Gasteiger partial charge >= 0.3 is 0 Å². The van der Waals surface area contributed by atoms with Crippen LogP contribution in [0.15, 0.2) is 12.3 Å². The summed E-state index contributed by atoms with van der Waals surface area (Å²) in [5.74, 6) is -1.43. The molecule has 1 fully saturated rings. The number of aliphatic hydroxyl groups is 2. The van der Waals surface area contributed by atoms with Crippen molar-refractivity contribution in [3.8, 4) is 0 Å². The number of carbonyl (C=O) groups excluding carboxylic acids is 2. The topological polar surface area (TPSA) is 141 Å². The maximum absolute atomic E-state index is 11.3. The summed E-state index contributed by atoms with van der Waals surface area (Å²) < 4.78 is 6.74. The molecule has 0 saturated carbocycles. The summed E-state index contributed by atoms with van der Waals surface area (Å²) in [6.07, 6.45) is -0.735. The Balaban J connectivity index is 2.34. The molecule has 0 aliphatic carbocycles. The first-order valence-electron chi connectivity index (χ1n) is 5.70. The molecule has 6 N–H and O–H groups in total. The van der Waals surface area contributed by atoms with Crippen LogP contribution in [0.4, 0.5) is 0 Å². The number of amides is 2. The van der Waals surface area contributed by atoms with Crippen LogP contribution < -0.4 is 11.5 Å². The molecular weight excluding hydrogens is 254 g/mol. The van der Waals surface area contributed by atoms with E-state index >= 15 is 0 Å². The zero-order valence-corrected chi connectivity index (χ0v) is 10.0. The third-order valence-electron chi connectivity index (χ3n) is 3.08. The molecule has 2 rings (SSSR count). The van der Waals surface area contributed by atoms with Crippen molar-refractivity contribution in [3.05, 3.63) is 23.5 Å². The monoisotopic (exact) mass is 269 g/mol. The van der Waals surface area contributed by atoms with Crippen molar-refractivity contribution in [1.29, 1.82) is 0 Å². The van der Waals surface area contributed by atoms with E-state index in [0.717, 1.165) is 0 Å². The lowest BCUT2D eigenvalue weighted by atomic mass is 10.2. The fourth-order valence-electron chi connectivity index (χ4n) is 2.10. The Kier molecular flexibility index (Phi) is 3.56. The second-order valence-electron chi connectivity index (χ2n) is 4.36. The maximum atomic E-state index is 11.3. The van der Waals surface area contributed by atoms with Gasteiger partial charge in [-0.25, -0.2) is 0 Å². The molecule has 1 aliphatic rings. The van der Waals surface area contributed by atoms with Gasteiger partial charge in [-0.3, -0.25) is 9.59 Å². The SMILES string of the molecule is NC(=O)c1cc(C(N)=O)n([C@H]2C[C@H](O)[C@@H](CO)O2)c1. The molecule has 2 heterocycles. The van der Waals surface area contributed by atoms with Crippen LogP contribution in [0.1, 0.15) is 33.5 Å². The van der Waals surface area contributed by atoms with E-state index in [1.54, 1.807) is 0 Å². The molecule has 8 heteroatoms. The van der Waals surface area contributed by atoms with Crippen LogP contribution in [-0.2, 0) is 4.74 Å². The Morgan fingerprint density at radius 3 is 2.58 bits per heavy atom. The van der Waals surface area contributed by atoms with Gasteiger partial charge in [0.1, 0.15) is 18.0 Å². The minimum absolute atomic E-state index is 0.0598. The van der Waals surface area contributed by atoms with E-state index in [1.165, 1.54) is 16.8 Å². The van der Waals surface area contributed by atoms with E-state index < -0.39 is 30.3 Å². The lowest BCUT2D eigenvalue weighted by Gasteiger charge is -2.15. The Labute approximate surface area is 108 Å². The van der Waals surface area contributed by atoms with Gasteiger partial charge in [-0.2, -0.15) is 0 Å². The maximum Gasteiger partial charge on any atom is 0.265 e. The molecule has 104 valence electrons. The van der Waals surface area contributed by atoms with E-state index in [2.05, 4.69) is 0 Å². The van der Waals surface area contributed by atoms with Crippen molar-refractivity contribution in [2.24, 2.45) is 11.5 Å². The van der Waals surface area contributed by atoms with E-state index in [1.807, 2.05) is 0 Å². The molecule has 0 aromatic carbocycles. The zero-order valence-electron chi connectivity index (χ0n) is 10.0. The Morgan fingerprint density at radius 1 is 1.42 bits per heavy atom. The molecule has 1 aromatic rings. The molecule has 0 unspecified atom stereocenters. The summed E-state index contributed by atoms with van der Waals surface area (Å²) in [4.78, 5) is 22.4. The first kappa shape index (κ1) is 13.5. The molecule has 2 amide bonds. The summed E-state index contributed by atoms with van der Waals surface area (Å²) in [6, 6.07) is 1.27. The number of aliphatic hydroxyl groups excluding tert-OH is 2. The Morgan fingerprint density at radius 2 is 2.11 bits per heavy atom. The molecular formula is C11H15N3O5. The Hall–Kier alpha value is -1.90. The number of ether oxygens (including phenoxy) is 1. The first-order chi connectivity index (χ1) is 8.93. The van der Waals surface area contributed by atoms with Crippen molar-refractivity contribution in [2.75, 3.05) is 6.61 Å². The van der Waals surface area contributed by atoms with Gasteiger partial charge in [0.15, 0.2) is 0 Å². The third-order valence-corrected chi connectivity index (χ3v) is 3.08. The zero-order chi connectivity index (χ0) is 14.2. The van der Waals surface area contributed by atoms with Gasteiger partial charge in [0.25, 0.3) is 5.91 Å². The van der Waals surface area contributed by atoms with Crippen molar-refractivity contribution < 1.29 is 24.5 Å². The fraction of sp³-hybridized carbons (Fsp3) is 0.455. The molecule has 8 nitrogen and oxygen atoms in total. The summed E-state index contributed by atoms with van der Waals surface area (Å²) in [5.41, 5.74) is 10.5. The third kappa shape index (κ3) is 2.46. The fourth-order valence-corrected chi connectivity index (χ4v) is 2.10. The number of primary amides is 2. The highest BCUT2D eigenvalue weighted by molar-refractivity contribution is 5.98. The number of hydrogen-bond acceptors (Lipinski definition) is 5. The smallest absolute Gasteiger partial charge is 0.265 e. The number of aromatic nitrogens is 1. The summed E-state index contributed by atoms with van der Waals surface area (Å²) in [6.45, 7) is -0.340. The normalized spacial score (nSPS) is 26.5. The first-order valence-corrected chi connectivity index (χ1v) is 5.70. The van der Waals surface area contributed by atoms with Crippen LogP contribution in [0.3, 0.4) is 0 Å². The summed E-state index contributed by atoms with van der Waals surface area (Å²) >= 11 is 0. The number of nitrogens with zero attached hydrogens (tertiary/aromatic N) is 1. The standard InChI is InChI=1S/C11H15N3O5/c12-10(17)5-1-6(11(13)18)14(3-5)9-2-7(16)8(4-15)19-9/h1,3,7-9,15-16H,2,4H2,(H2,12,17)(H2,13,18)/t7-,8+,9+/m0/s1. The van der Waals surface area contributed by atoms with E-state index in [9.17, 15) is 14.7 Å². The van der Waals surface area contributed by atoms with Crippen LogP contribution >= 0.6 is 0 Å². The summed E-state index contributed by atoms with van der Waals surface area (Å²) in [7, 11) is 0. The Bertz CT molecular complexity index is 512. The van der Waals surface area contributed by atoms with E-state index in [-0.39, 0.29) is 24.3 Å². The van der Waals surface area contributed by atoms with Crippen molar-refractivity contribution in [2.45, 2.75) is 24.9 Å². The molecule has 0 radical (unpaired) electrons. The predicted molar refractivity (Wildman–Crippen MR) is 63.1 cm³/mol. The minimum atomic E-state index is -0.852. The summed E-state index contributed by atoms with van der Waals surface area (Å²) in [5, 5.41) is 18.7. The van der Waals surface area contributed by atoms with Gasteiger partial charge in [-0.1, -0.05) is 0 Å². The lowest BCUT2D eigenvalue weighted by molar-refractivity contribution is -0.0447. The van der Waals surface area contributed by atoms with Gasteiger partial charge in [0.2, 0.25) is 5.91 Å². The second-order valence-corrected chi connectivity index (χ2v) is 4.36. The van der Waals surface area contributed by atoms with Crippen molar-refractivity contribution in [3.63, 3.8) is 0 Å². The minimum Gasteiger partial charge on any atom is -0.394 e. The van der Waals surface area contributed by atoms with Crippen LogP contribution in [0, 0.1) is 0 Å². The highest BCUT2D eigenvalue weighted by Crippen LogP contribution is 2.30. The lowest BCUT2D eigenvalue weighted by Crippen LogP contribution is -2.24. The molecule has 0 bridgehead atoms. The van der Waals surface area contributed by atoms with Gasteiger partial charge in [-0.15, -0.1) is 0 Å². The van der Waals surface area contributed by atoms with Gasteiger partial charge < -0.3 is 31.0 Å². The highest BCUT2D eigenvalue weighted by atomic mass is 16.5. The molecule has 1 aliphatic heterocycles. The highest BCUT2D eigenvalue weighted by Gasteiger charge is 2.35. The van der Waals surface area contributed by atoms with E-state index in [4.69, 9.17) is 21.3 Å². The number of rotatable bonds is 4. The molecule has 1 saturated heterocycles. The number of carbonyl (C=O) groups is 2. The average Bonchev–Trinajstić information content (AvgIpc) is 2.91. The average molecular weight is 269 g/mol.